The molecule has 7 nitrogen and oxygen atoms in total. The zero-order chi connectivity index (χ0) is 27.2. The molecule has 0 aliphatic carbocycles. The fourth-order valence-electron chi connectivity index (χ4n) is 3.89. The standard InChI is InChI=1S/C27H29Cl2N3O4S/c1-4-24(27(34)30-3)31(17-20-12-10-19(2)11-13-20)26(33)18-32(25-16-21(28)14-15-23(25)29)37(35,36)22-8-6-5-7-9-22/h5-16,24H,4,17-18H2,1-3H3,(H,30,34). The lowest BCUT2D eigenvalue weighted by Crippen LogP contribution is -2.51. The molecule has 3 aromatic rings. The molecule has 3 rings (SSSR count). The number of hydrogen-bond donors (Lipinski definition) is 1. The minimum absolute atomic E-state index is 0.0118. The first kappa shape index (κ1) is 28.5. The van der Waals surface area contributed by atoms with Crippen LogP contribution >= 0.6 is 23.2 Å². The Morgan fingerprint density at radius 1 is 0.973 bits per heavy atom. The average Bonchev–Trinajstić information content (AvgIpc) is 2.89. The highest BCUT2D eigenvalue weighted by Gasteiger charge is 2.34. The first-order chi connectivity index (χ1) is 17.6. The van der Waals surface area contributed by atoms with Crippen molar-refractivity contribution >= 4 is 50.7 Å². The number of hydrogen-bond acceptors (Lipinski definition) is 4. The summed E-state index contributed by atoms with van der Waals surface area (Å²) in [6, 6.07) is 18.9. The predicted octanol–water partition coefficient (Wildman–Crippen LogP) is 5.05. The Bertz CT molecular complexity index is 1350. The van der Waals surface area contributed by atoms with Crippen molar-refractivity contribution in [1.82, 2.24) is 10.2 Å². The van der Waals surface area contributed by atoms with Crippen molar-refractivity contribution in [2.45, 2.75) is 37.8 Å². The number of sulfonamides is 1. The summed E-state index contributed by atoms with van der Waals surface area (Å²) in [6.07, 6.45) is 0.334. The van der Waals surface area contributed by atoms with Crippen LogP contribution in [0.15, 0.2) is 77.7 Å². The number of halogens is 2. The van der Waals surface area contributed by atoms with Gasteiger partial charge in [-0.2, -0.15) is 0 Å². The molecular weight excluding hydrogens is 533 g/mol. The summed E-state index contributed by atoms with van der Waals surface area (Å²) in [5, 5.41) is 2.97. The summed E-state index contributed by atoms with van der Waals surface area (Å²) in [5.74, 6) is -0.909. The van der Waals surface area contributed by atoms with Gasteiger partial charge in [-0.05, 0) is 49.2 Å². The van der Waals surface area contributed by atoms with Gasteiger partial charge in [-0.1, -0.05) is 78.2 Å². The van der Waals surface area contributed by atoms with Gasteiger partial charge in [0.2, 0.25) is 11.8 Å². The van der Waals surface area contributed by atoms with Crippen LogP contribution in [0.3, 0.4) is 0 Å². The van der Waals surface area contributed by atoms with Crippen molar-refractivity contribution in [1.29, 1.82) is 0 Å². The van der Waals surface area contributed by atoms with E-state index in [2.05, 4.69) is 5.32 Å². The van der Waals surface area contributed by atoms with Crippen LogP contribution < -0.4 is 9.62 Å². The van der Waals surface area contributed by atoms with Gasteiger partial charge in [0.05, 0.1) is 15.6 Å². The van der Waals surface area contributed by atoms with Gasteiger partial charge in [-0.15, -0.1) is 0 Å². The Kier molecular flexibility index (Phi) is 9.59. The molecule has 10 heteroatoms. The molecule has 196 valence electrons. The van der Waals surface area contributed by atoms with Crippen molar-refractivity contribution in [3.8, 4) is 0 Å². The van der Waals surface area contributed by atoms with Gasteiger partial charge in [0.25, 0.3) is 10.0 Å². The maximum Gasteiger partial charge on any atom is 0.264 e. The van der Waals surface area contributed by atoms with Crippen LogP contribution in [0.4, 0.5) is 5.69 Å². The number of nitrogens with one attached hydrogen (secondary N) is 1. The number of nitrogens with zero attached hydrogens (tertiary/aromatic N) is 2. The molecule has 0 heterocycles. The van der Waals surface area contributed by atoms with Crippen LogP contribution in [-0.4, -0.2) is 44.8 Å². The third-order valence-electron chi connectivity index (χ3n) is 5.89. The summed E-state index contributed by atoms with van der Waals surface area (Å²) in [4.78, 5) is 28.0. The van der Waals surface area contributed by atoms with E-state index >= 15 is 0 Å². The van der Waals surface area contributed by atoms with E-state index in [1.165, 1.54) is 42.3 Å². The number of carbonyl (C=O) groups is 2. The van der Waals surface area contributed by atoms with Crippen LogP contribution in [-0.2, 0) is 26.2 Å². The van der Waals surface area contributed by atoms with Crippen molar-refractivity contribution < 1.29 is 18.0 Å². The van der Waals surface area contributed by atoms with E-state index < -0.39 is 28.5 Å². The van der Waals surface area contributed by atoms with Crippen molar-refractivity contribution in [2.24, 2.45) is 0 Å². The quantitative estimate of drug-likeness (QED) is 0.375. The highest BCUT2D eigenvalue weighted by molar-refractivity contribution is 7.92. The van der Waals surface area contributed by atoms with E-state index in [0.29, 0.717) is 6.42 Å². The maximum atomic E-state index is 13.9. The second-order valence-corrected chi connectivity index (χ2v) is 11.2. The molecule has 0 bridgehead atoms. The molecule has 0 saturated carbocycles. The summed E-state index contributed by atoms with van der Waals surface area (Å²) in [5.41, 5.74) is 1.92. The second kappa shape index (κ2) is 12.4. The maximum absolute atomic E-state index is 13.9. The minimum atomic E-state index is -4.22. The molecule has 2 amide bonds. The van der Waals surface area contributed by atoms with E-state index in [9.17, 15) is 18.0 Å². The van der Waals surface area contributed by atoms with Gasteiger partial charge >= 0.3 is 0 Å². The normalized spacial score (nSPS) is 12.0. The van der Waals surface area contributed by atoms with E-state index in [4.69, 9.17) is 23.2 Å². The van der Waals surface area contributed by atoms with Crippen LogP contribution in [0.5, 0.6) is 0 Å². The minimum Gasteiger partial charge on any atom is -0.357 e. The molecule has 0 aliphatic rings. The summed E-state index contributed by atoms with van der Waals surface area (Å²) in [6.45, 7) is 3.28. The smallest absolute Gasteiger partial charge is 0.264 e. The second-order valence-electron chi connectivity index (χ2n) is 8.47. The van der Waals surface area contributed by atoms with Gasteiger partial charge in [0, 0.05) is 18.6 Å². The molecule has 0 aromatic heterocycles. The topological polar surface area (TPSA) is 86.8 Å². The molecule has 0 spiro atoms. The summed E-state index contributed by atoms with van der Waals surface area (Å²) >= 11 is 12.6. The number of benzene rings is 3. The van der Waals surface area contributed by atoms with Crippen LogP contribution in [0, 0.1) is 6.92 Å². The Balaban J connectivity index is 2.09. The van der Waals surface area contributed by atoms with E-state index in [0.717, 1.165) is 15.4 Å². The fraction of sp³-hybridized carbons (Fsp3) is 0.259. The molecule has 1 N–H and O–H groups in total. The third-order valence-corrected chi connectivity index (χ3v) is 8.22. The molecule has 37 heavy (non-hydrogen) atoms. The Morgan fingerprint density at radius 3 is 2.22 bits per heavy atom. The number of rotatable bonds is 10. The van der Waals surface area contributed by atoms with Gasteiger partial charge in [-0.3, -0.25) is 13.9 Å². The predicted molar refractivity (Wildman–Crippen MR) is 147 cm³/mol. The van der Waals surface area contributed by atoms with E-state index in [-0.39, 0.29) is 33.1 Å². The number of likely N-dealkylation sites (N-methyl/N-ethyl adjacent to an activating group) is 1. The molecular formula is C27H29Cl2N3O4S. The molecule has 0 fully saturated rings. The number of anilines is 1. The summed E-state index contributed by atoms with van der Waals surface area (Å²) < 4.78 is 28.4. The molecule has 0 radical (unpaired) electrons. The SMILES string of the molecule is CCC(C(=O)NC)N(Cc1ccc(C)cc1)C(=O)CN(c1cc(Cl)ccc1Cl)S(=O)(=O)c1ccccc1. The molecule has 0 aliphatic heterocycles. The Hall–Kier alpha value is -3.07. The lowest BCUT2D eigenvalue weighted by molar-refractivity contribution is -0.140. The lowest BCUT2D eigenvalue weighted by atomic mass is 10.1. The van der Waals surface area contributed by atoms with Gasteiger partial charge < -0.3 is 10.2 Å². The average molecular weight is 563 g/mol. The first-order valence-electron chi connectivity index (χ1n) is 11.7. The summed E-state index contributed by atoms with van der Waals surface area (Å²) in [7, 11) is -2.72. The number of carbonyl (C=O) groups excluding carboxylic acids is 2. The Morgan fingerprint density at radius 2 is 1.62 bits per heavy atom. The molecule has 1 atom stereocenters. The molecule has 3 aromatic carbocycles. The van der Waals surface area contributed by atoms with Gasteiger partial charge in [0.15, 0.2) is 0 Å². The zero-order valence-electron chi connectivity index (χ0n) is 20.8. The fourth-order valence-corrected chi connectivity index (χ4v) is 5.77. The van der Waals surface area contributed by atoms with Crippen molar-refractivity contribution in [2.75, 3.05) is 17.9 Å². The largest absolute Gasteiger partial charge is 0.357 e. The molecule has 0 saturated heterocycles. The molecule has 1 unspecified atom stereocenters. The van der Waals surface area contributed by atoms with E-state index in [1.807, 2.05) is 31.2 Å². The third kappa shape index (κ3) is 6.83. The van der Waals surface area contributed by atoms with Crippen LogP contribution in [0.1, 0.15) is 24.5 Å². The number of aryl methyl sites for hydroxylation is 1. The van der Waals surface area contributed by atoms with Crippen LogP contribution in [0.2, 0.25) is 10.0 Å². The monoisotopic (exact) mass is 561 g/mol. The van der Waals surface area contributed by atoms with Gasteiger partial charge in [0.1, 0.15) is 12.6 Å². The Labute approximate surface area is 228 Å². The van der Waals surface area contributed by atoms with E-state index in [1.54, 1.807) is 25.1 Å². The lowest BCUT2D eigenvalue weighted by Gasteiger charge is -2.33. The number of amides is 2. The zero-order valence-corrected chi connectivity index (χ0v) is 23.1. The highest BCUT2D eigenvalue weighted by Crippen LogP contribution is 2.33. The van der Waals surface area contributed by atoms with Gasteiger partial charge in [-0.25, -0.2) is 8.42 Å². The highest BCUT2D eigenvalue weighted by atomic mass is 35.5. The van der Waals surface area contributed by atoms with Crippen LogP contribution in [0.25, 0.3) is 0 Å². The van der Waals surface area contributed by atoms with Crippen molar-refractivity contribution in [3.05, 3.63) is 94.0 Å². The van der Waals surface area contributed by atoms with Crippen molar-refractivity contribution in [3.63, 3.8) is 0 Å². The first-order valence-corrected chi connectivity index (χ1v) is 13.9.